The highest BCUT2D eigenvalue weighted by Crippen LogP contribution is 2.15. The van der Waals surface area contributed by atoms with Crippen LogP contribution in [0.5, 0.6) is 0 Å². The minimum atomic E-state index is 0.766. The number of hydrogen-bond donors (Lipinski definition) is 1. The zero-order chi connectivity index (χ0) is 13.2. The molecule has 0 bridgehead atoms. The molecule has 0 aliphatic rings. The molecule has 98 valence electrons. The lowest BCUT2D eigenvalue weighted by atomic mass is 10.3. The Hall–Kier alpha value is -1.72. The maximum absolute atomic E-state index is 4.64. The number of rotatable bonds is 4. The number of thiazole rings is 1. The molecule has 1 N–H and O–H groups in total. The summed E-state index contributed by atoms with van der Waals surface area (Å²) < 4.78 is 2.14. The molecule has 0 fully saturated rings. The van der Waals surface area contributed by atoms with Gasteiger partial charge in [0.25, 0.3) is 0 Å². The van der Waals surface area contributed by atoms with Crippen molar-refractivity contribution >= 4 is 22.4 Å². The fourth-order valence-corrected chi connectivity index (χ4v) is 2.90. The van der Waals surface area contributed by atoms with Gasteiger partial charge in [0.1, 0.15) is 5.82 Å². The minimum absolute atomic E-state index is 0.766. The molecule has 0 atom stereocenters. The highest BCUT2D eigenvalue weighted by atomic mass is 32.1. The molecule has 0 saturated carbocycles. The molecule has 1 aromatic carbocycles. The van der Waals surface area contributed by atoms with Crippen LogP contribution in [0.1, 0.15) is 15.7 Å². The molecule has 2 heterocycles. The average molecular weight is 272 g/mol. The summed E-state index contributed by atoms with van der Waals surface area (Å²) in [7, 11) is 2.06. The van der Waals surface area contributed by atoms with E-state index in [1.807, 2.05) is 31.3 Å². The Labute approximate surface area is 116 Å². The van der Waals surface area contributed by atoms with Crippen molar-refractivity contribution in [1.82, 2.24) is 19.9 Å². The van der Waals surface area contributed by atoms with Gasteiger partial charge in [-0.2, -0.15) is 0 Å². The van der Waals surface area contributed by atoms with E-state index in [9.17, 15) is 0 Å². The smallest absolute Gasteiger partial charge is 0.123 e. The van der Waals surface area contributed by atoms with Crippen LogP contribution < -0.4 is 5.32 Å². The van der Waals surface area contributed by atoms with Crippen LogP contribution >= 0.6 is 11.3 Å². The normalized spacial score (nSPS) is 11.3. The SMILES string of the molecule is Cc1ncc(CNCc2nc3ccccc3n2C)s1. The van der Waals surface area contributed by atoms with Crippen molar-refractivity contribution in [2.75, 3.05) is 0 Å². The quantitative estimate of drug-likeness (QED) is 0.794. The van der Waals surface area contributed by atoms with Gasteiger partial charge in [0.2, 0.25) is 0 Å². The highest BCUT2D eigenvalue weighted by Gasteiger charge is 2.06. The van der Waals surface area contributed by atoms with Gasteiger partial charge < -0.3 is 9.88 Å². The highest BCUT2D eigenvalue weighted by molar-refractivity contribution is 7.11. The summed E-state index contributed by atoms with van der Waals surface area (Å²) in [6.07, 6.45) is 1.93. The van der Waals surface area contributed by atoms with Crippen LogP contribution in [0.15, 0.2) is 30.5 Å². The Morgan fingerprint density at radius 1 is 1.26 bits per heavy atom. The van der Waals surface area contributed by atoms with E-state index in [2.05, 4.69) is 33.0 Å². The van der Waals surface area contributed by atoms with Crippen molar-refractivity contribution < 1.29 is 0 Å². The largest absolute Gasteiger partial charge is 0.330 e. The summed E-state index contributed by atoms with van der Waals surface area (Å²) in [5, 5.41) is 4.53. The molecule has 5 heteroatoms. The molecule has 0 spiro atoms. The van der Waals surface area contributed by atoms with Crippen LogP contribution in [0.3, 0.4) is 0 Å². The Morgan fingerprint density at radius 3 is 2.84 bits per heavy atom. The van der Waals surface area contributed by atoms with E-state index in [0.717, 1.165) is 29.4 Å². The van der Waals surface area contributed by atoms with Crippen molar-refractivity contribution in [3.05, 3.63) is 46.2 Å². The Balaban J connectivity index is 1.70. The van der Waals surface area contributed by atoms with Crippen LogP contribution in [-0.2, 0) is 20.1 Å². The van der Waals surface area contributed by atoms with E-state index in [0.29, 0.717) is 0 Å². The lowest BCUT2D eigenvalue weighted by Gasteiger charge is -2.03. The fraction of sp³-hybridized carbons (Fsp3) is 0.286. The first-order valence-electron chi connectivity index (χ1n) is 6.26. The third-order valence-electron chi connectivity index (χ3n) is 3.13. The number of para-hydroxylation sites is 2. The van der Waals surface area contributed by atoms with Crippen LogP contribution in [-0.4, -0.2) is 14.5 Å². The van der Waals surface area contributed by atoms with Crippen molar-refractivity contribution in [3.8, 4) is 0 Å². The number of benzene rings is 1. The zero-order valence-corrected chi connectivity index (χ0v) is 11.9. The molecule has 0 aliphatic carbocycles. The van der Waals surface area contributed by atoms with Gasteiger partial charge in [-0.05, 0) is 19.1 Å². The number of aryl methyl sites for hydroxylation is 2. The van der Waals surface area contributed by atoms with E-state index in [-0.39, 0.29) is 0 Å². The van der Waals surface area contributed by atoms with Crippen LogP contribution in [0.25, 0.3) is 11.0 Å². The molecule has 0 amide bonds. The van der Waals surface area contributed by atoms with Gasteiger partial charge in [0.15, 0.2) is 0 Å². The van der Waals surface area contributed by atoms with Gasteiger partial charge in [-0.15, -0.1) is 11.3 Å². The molecule has 19 heavy (non-hydrogen) atoms. The molecule has 0 radical (unpaired) electrons. The number of nitrogens with one attached hydrogen (secondary N) is 1. The van der Waals surface area contributed by atoms with Crippen LogP contribution in [0, 0.1) is 6.92 Å². The first-order valence-corrected chi connectivity index (χ1v) is 7.08. The van der Waals surface area contributed by atoms with E-state index in [1.165, 1.54) is 10.4 Å². The first-order chi connectivity index (χ1) is 9.24. The van der Waals surface area contributed by atoms with E-state index in [1.54, 1.807) is 11.3 Å². The Morgan fingerprint density at radius 2 is 2.11 bits per heavy atom. The lowest BCUT2D eigenvalue weighted by molar-refractivity contribution is 0.648. The third-order valence-corrected chi connectivity index (χ3v) is 4.04. The third kappa shape index (κ3) is 2.52. The van der Waals surface area contributed by atoms with E-state index < -0.39 is 0 Å². The number of imidazole rings is 1. The number of hydrogen-bond acceptors (Lipinski definition) is 4. The van der Waals surface area contributed by atoms with Crippen molar-refractivity contribution in [3.63, 3.8) is 0 Å². The predicted octanol–water partition coefficient (Wildman–Crippen LogP) is 2.63. The van der Waals surface area contributed by atoms with Gasteiger partial charge in [-0.25, -0.2) is 9.97 Å². The van der Waals surface area contributed by atoms with Crippen molar-refractivity contribution in [2.45, 2.75) is 20.0 Å². The molecule has 0 saturated heterocycles. The predicted molar refractivity (Wildman–Crippen MR) is 78.1 cm³/mol. The zero-order valence-electron chi connectivity index (χ0n) is 11.1. The summed E-state index contributed by atoms with van der Waals surface area (Å²) in [5.74, 6) is 1.06. The van der Waals surface area contributed by atoms with Gasteiger partial charge in [-0.3, -0.25) is 0 Å². The standard InChI is InChI=1S/C14H16N4S/c1-10-16-8-11(19-10)7-15-9-14-17-12-5-3-4-6-13(12)18(14)2/h3-6,8,15H,7,9H2,1-2H3. The second kappa shape index (κ2) is 5.11. The first kappa shape index (κ1) is 12.3. The maximum atomic E-state index is 4.64. The average Bonchev–Trinajstić information content (AvgIpc) is 2.96. The lowest BCUT2D eigenvalue weighted by Crippen LogP contribution is -2.15. The van der Waals surface area contributed by atoms with Gasteiger partial charge in [0, 0.05) is 24.7 Å². The fourth-order valence-electron chi connectivity index (χ4n) is 2.14. The number of fused-ring (bicyclic) bond motifs is 1. The topological polar surface area (TPSA) is 42.7 Å². The monoisotopic (exact) mass is 272 g/mol. The molecule has 0 unspecified atom stereocenters. The molecule has 2 aromatic heterocycles. The summed E-state index contributed by atoms with van der Waals surface area (Å²) in [5.41, 5.74) is 2.23. The summed E-state index contributed by atoms with van der Waals surface area (Å²) in [4.78, 5) is 10.1. The van der Waals surface area contributed by atoms with Crippen molar-refractivity contribution in [2.24, 2.45) is 7.05 Å². The van der Waals surface area contributed by atoms with Gasteiger partial charge in [0.05, 0.1) is 22.6 Å². The number of nitrogens with zero attached hydrogens (tertiary/aromatic N) is 3. The molecule has 3 aromatic rings. The number of aromatic nitrogens is 3. The second-order valence-electron chi connectivity index (χ2n) is 4.52. The second-order valence-corrected chi connectivity index (χ2v) is 5.84. The van der Waals surface area contributed by atoms with Crippen molar-refractivity contribution in [1.29, 1.82) is 0 Å². The summed E-state index contributed by atoms with van der Waals surface area (Å²) >= 11 is 1.73. The van der Waals surface area contributed by atoms with Crippen LogP contribution in [0.4, 0.5) is 0 Å². The maximum Gasteiger partial charge on any atom is 0.123 e. The summed E-state index contributed by atoms with van der Waals surface area (Å²) in [6, 6.07) is 8.21. The van der Waals surface area contributed by atoms with Gasteiger partial charge >= 0.3 is 0 Å². The molecular weight excluding hydrogens is 256 g/mol. The Bertz CT molecular complexity index is 698. The molecule has 0 aliphatic heterocycles. The summed E-state index contributed by atoms with van der Waals surface area (Å²) in [6.45, 7) is 3.64. The minimum Gasteiger partial charge on any atom is -0.330 e. The van der Waals surface area contributed by atoms with Gasteiger partial charge in [-0.1, -0.05) is 12.1 Å². The van der Waals surface area contributed by atoms with E-state index >= 15 is 0 Å². The van der Waals surface area contributed by atoms with Crippen LogP contribution in [0.2, 0.25) is 0 Å². The molecular formula is C14H16N4S. The molecule has 4 nitrogen and oxygen atoms in total. The molecule has 3 rings (SSSR count). The Kier molecular flexibility index (Phi) is 3.31. The van der Waals surface area contributed by atoms with E-state index in [4.69, 9.17) is 0 Å².